The molecule has 96 valence electrons. The molecule has 0 amide bonds. The van der Waals surface area contributed by atoms with E-state index in [1.807, 2.05) is 0 Å². The van der Waals surface area contributed by atoms with E-state index in [9.17, 15) is 8.42 Å². The summed E-state index contributed by atoms with van der Waals surface area (Å²) in [5.74, 6) is 0.614. The predicted octanol–water partition coefficient (Wildman–Crippen LogP) is 0.372. The van der Waals surface area contributed by atoms with Gasteiger partial charge in [0.15, 0.2) is 5.82 Å². The van der Waals surface area contributed by atoms with E-state index in [4.69, 9.17) is 5.14 Å². The fourth-order valence-electron chi connectivity index (χ4n) is 1.38. The Bertz CT molecular complexity index is 593. The summed E-state index contributed by atoms with van der Waals surface area (Å²) in [7, 11) is -3.64. The van der Waals surface area contributed by atoms with Crippen molar-refractivity contribution in [1.29, 1.82) is 0 Å². The lowest BCUT2D eigenvalue weighted by Crippen LogP contribution is -2.12. The van der Waals surface area contributed by atoms with Crippen molar-refractivity contribution < 1.29 is 12.9 Å². The fourth-order valence-corrected chi connectivity index (χ4v) is 1.90. The topological polar surface area (TPSA) is 111 Å². The van der Waals surface area contributed by atoms with Gasteiger partial charge in [0.2, 0.25) is 16.4 Å². The molecular weight excluding hydrogens is 256 g/mol. The Balaban J connectivity index is 1.91. The Hall–Kier alpha value is -1.93. The van der Waals surface area contributed by atoms with Gasteiger partial charge in [0.05, 0.1) is 4.90 Å². The first-order valence-electron chi connectivity index (χ1n) is 5.18. The summed E-state index contributed by atoms with van der Waals surface area (Å²) < 4.78 is 26.7. The number of hydrogen-bond donors (Lipinski definition) is 2. The van der Waals surface area contributed by atoms with Crippen LogP contribution >= 0.6 is 0 Å². The van der Waals surface area contributed by atoms with Crippen LogP contribution in [0.1, 0.15) is 5.82 Å². The molecule has 1 heterocycles. The highest BCUT2D eigenvalue weighted by Gasteiger charge is 2.06. The maximum absolute atomic E-state index is 11.0. The van der Waals surface area contributed by atoms with Crippen LogP contribution in [0.25, 0.3) is 0 Å². The summed E-state index contributed by atoms with van der Waals surface area (Å²) >= 11 is 0. The van der Waals surface area contributed by atoms with Gasteiger partial charge in [-0.05, 0) is 24.3 Å². The average molecular weight is 268 g/mol. The summed E-state index contributed by atoms with van der Waals surface area (Å²) in [6.45, 7) is 0.619. The van der Waals surface area contributed by atoms with Gasteiger partial charge < -0.3 is 9.84 Å². The van der Waals surface area contributed by atoms with Crippen molar-refractivity contribution in [2.45, 2.75) is 11.3 Å². The molecule has 0 aliphatic rings. The number of rotatable bonds is 5. The third-order valence-electron chi connectivity index (χ3n) is 2.27. The first kappa shape index (κ1) is 12.5. The maximum Gasteiger partial charge on any atom is 0.238 e. The third kappa shape index (κ3) is 3.28. The minimum Gasteiger partial charge on any atom is -0.385 e. The Labute approximate surface area is 104 Å². The van der Waals surface area contributed by atoms with Gasteiger partial charge in [-0.2, -0.15) is 4.98 Å². The normalized spacial score (nSPS) is 11.4. The Morgan fingerprint density at radius 1 is 1.28 bits per heavy atom. The van der Waals surface area contributed by atoms with Crippen molar-refractivity contribution in [2.24, 2.45) is 5.14 Å². The maximum atomic E-state index is 11.0. The van der Waals surface area contributed by atoms with Crippen molar-refractivity contribution in [3.8, 4) is 0 Å². The molecule has 0 bridgehead atoms. The molecule has 2 aromatic rings. The lowest BCUT2D eigenvalue weighted by molar-refractivity contribution is 0.410. The number of nitrogens with two attached hydrogens (primary N) is 1. The van der Waals surface area contributed by atoms with Crippen LogP contribution in [0.15, 0.2) is 40.1 Å². The lowest BCUT2D eigenvalue weighted by Gasteiger charge is -2.05. The smallest absolute Gasteiger partial charge is 0.238 e. The van der Waals surface area contributed by atoms with Gasteiger partial charge in [-0.1, -0.05) is 5.16 Å². The van der Waals surface area contributed by atoms with Crippen LogP contribution in [-0.2, 0) is 16.4 Å². The fraction of sp³-hybridized carbons (Fsp3) is 0.200. The molecule has 0 fully saturated rings. The number of hydrogen-bond acceptors (Lipinski definition) is 6. The predicted molar refractivity (Wildman–Crippen MR) is 64.3 cm³/mol. The second-order valence-corrected chi connectivity index (χ2v) is 5.16. The van der Waals surface area contributed by atoms with E-state index >= 15 is 0 Å². The number of aromatic nitrogens is 2. The van der Waals surface area contributed by atoms with Crippen LogP contribution in [-0.4, -0.2) is 25.1 Å². The largest absolute Gasteiger partial charge is 0.385 e. The van der Waals surface area contributed by atoms with Gasteiger partial charge >= 0.3 is 0 Å². The van der Waals surface area contributed by atoms with Gasteiger partial charge in [-0.25, -0.2) is 13.6 Å². The van der Waals surface area contributed by atoms with Crippen molar-refractivity contribution >= 4 is 15.7 Å². The Morgan fingerprint density at radius 2 is 2.00 bits per heavy atom. The quantitative estimate of drug-likeness (QED) is 0.810. The molecule has 8 heteroatoms. The molecule has 0 saturated carbocycles. The van der Waals surface area contributed by atoms with Crippen molar-refractivity contribution in [3.63, 3.8) is 0 Å². The van der Waals surface area contributed by atoms with Gasteiger partial charge in [-0.15, -0.1) is 0 Å². The highest BCUT2D eigenvalue weighted by Crippen LogP contribution is 2.12. The summed E-state index contributed by atoms with van der Waals surface area (Å²) in [6.07, 6.45) is 1.89. The molecule has 0 saturated heterocycles. The number of sulfonamides is 1. The zero-order valence-electron chi connectivity index (χ0n) is 9.41. The molecule has 18 heavy (non-hydrogen) atoms. The number of benzene rings is 1. The lowest BCUT2D eigenvalue weighted by atomic mass is 10.3. The van der Waals surface area contributed by atoms with E-state index in [-0.39, 0.29) is 4.90 Å². The second-order valence-electron chi connectivity index (χ2n) is 3.59. The van der Waals surface area contributed by atoms with E-state index < -0.39 is 10.0 Å². The third-order valence-corrected chi connectivity index (χ3v) is 3.20. The van der Waals surface area contributed by atoms with E-state index in [0.717, 1.165) is 5.69 Å². The van der Waals surface area contributed by atoms with E-state index in [0.29, 0.717) is 18.8 Å². The van der Waals surface area contributed by atoms with E-state index in [2.05, 4.69) is 20.0 Å². The van der Waals surface area contributed by atoms with Crippen LogP contribution < -0.4 is 10.5 Å². The van der Waals surface area contributed by atoms with Crippen LogP contribution in [0, 0.1) is 0 Å². The minimum atomic E-state index is -3.64. The molecule has 2 rings (SSSR count). The molecule has 0 unspecified atom stereocenters. The highest BCUT2D eigenvalue weighted by molar-refractivity contribution is 7.89. The summed E-state index contributed by atoms with van der Waals surface area (Å²) in [4.78, 5) is 3.97. The molecule has 3 N–H and O–H groups in total. The standard InChI is InChI=1S/C10H12N4O3S/c11-18(15,16)9-3-1-8(2-4-9)12-6-5-10-13-7-17-14-10/h1-4,7,12H,5-6H2,(H2,11,15,16). The van der Waals surface area contributed by atoms with Crippen LogP contribution in [0.2, 0.25) is 0 Å². The molecule has 0 aliphatic carbocycles. The van der Waals surface area contributed by atoms with Gasteiger partial charge in [-0.3, -0.25) is 0 Å². The summed E-state index contributed by atoms with van der Waals surface area (Å²) in [5, 5.41) is 11.8. The molecule has 7 nitrogen and oxygen atoms in total. The van der Waals surface area contributed by atoms with Crippen molar-refractivity contribution in [3.05, 3.63) is 36.5 Å². The zero-order valence-corrected chi connectivity index (χ0v) is 10.2. The van der Waals surface area contributed by atoms with Gasteiger partial charge in [0.25, 0.3) is 0 Å². The average Bonchev–Trinajstić information content (AvgIpc) is 2.82. The number of nitrogens with zero attached hydrogens (tertiary/aromatic N) is 2. The monoisotopic (exact) mass is 268 g/mol. The Morgan fingerprint density at radius 3 is 2.56 bits per heavy atom. The molecule has 1 aromatic heterocycles. The molecule has 0 aliphatic heterocycles. The number of primary sulfonamides is 1. The molecule has 0 radical (unpaired) electrons. The minimum absolute atomic E-state index is 0.0891. The van der Waals surface area contributed by atoms with Gasteiger partial charge in [0, 0.05) is 18.7 Å². The second kappa shape index (κ2) is 5.15. The number of nitrogens with one attached hydrogen (secondary N) is 1. The number of anilines is 1. The first-order chi connectivity index (χ1) is 8.55. The zero-order chi connectivity index (χ0) is 13.0. The van der Waals surface area contributed by atoms with Crippen LogP contribution in [0.5, 0.6) is 0 Å². The van der Waals surface area contributed by atoms with Crippen LogP contribution in [0.3, 0.4) is 0 Å². The molecular formula is C10H12N4O3S. The first-order valence-corrected chi connectivity index (χ1v) is 6.72. The summed E-state index contributed by atoms with van der Waals surface area (Å²) in [6, 6.07) is 6.20. The highest BCUT2D eigenvalue weighted by atomic mass is 32.2. The van der Waals surface area contributed by atoms with E-state index in [1.165, 1.54) is 18.5 Å². The Kier molecular flexibility index (Phi) is 3.58. The summed E-state index contributed by atoms with van der Waals surface area (Å²) in [5.41, 5.74) is 0.797. The van der Waals surface area contributed by atoms with E-state index in [1.54, 1.807) is 12.1 Å². The van der Waals surface area contributed by atoms with Crippen molar-refractivity contribution in [1.82, 2.24) is 10.1 Å². The molecule has 0 atom stereocenters. The molecule has 0 spiro atoms. The van der Waals surface area contributed by atoms with Gasteiger partial charge in [0.1, 0.15) is 0 Å². The van der Waals surface area contributed by atoms with Crippen LogP contribution in [0.4, 0.5) is 5.69 Å². The SMILES string of the molecule is NS(=O)(=O)c1ccc(NCCc2ncon2)cc1. The molecule has 1 aromatic carbocycles. The van der Waals surface area contributed by atoms with Crippen molar-refractivity contribution in [2.75, 3.05) is 11.9 Å².